The third-order valence-corrected chi connectivity index (χ3v) is 3.89. The van der Waals surface area contributed by atoms with Crippen LogP contribution in [0, 0.1) is 0 Å². The number of nitrogens with one attached hydrogen (secondary N) is 1. The molecule has 1 aliphatic heterocycles. The van der Waals surface area contributed by atoms with E-state index in [4.69, 9.17) is 4.52 Å². The second-order valence-electron chi connectivity index (χ2n) is 5.48. The van der Waals surface area contributed by atoms with Crippen LogP contribution in [0.2, 0.25) is 0 Å². The lowest BCUT2D eigenvalue weighted by molar-refractivity contribution is -0.141. The van der Waals surface area contributed by atoms with E-state index in [2.05, 4.69) is 27.3 Å². The van der Waals surface area contributed by atoms with Gasteiger partial charge in [-0.1, -0.05) is 24.9 Å². The molecule has 0 aliphatic carbocycles. The van der Waals surface area contributed by atoms with E-state index in [1.54, 1.807) is 4.90 Å². The van der Waals surface area contributed by atoms with Gasteiger partial charge in [0.15, 0.2) is 0 Å². The van der Waals surface area contributed by atoms with E-state index in [1.807, 2.05) is 7.05 Å². The minimum atomic E-state index is -0.382. The van der Waals surface area contributed by atoms with Crippen LogP contribution in [-0.4, -0.2) is 65.0 Å². The number of aromatic nitrogens is 2. The molecule has 1 aliphatic rings. The predicted octanol–water partition coefficient (Wildman–Crippen LogP) is 0.262. The van der Waals surface area contributed by atoms with Crippen LogP contribution >= 0.6 is 0 Å². The standard InChI is InChI=1S/C14H23N5O3/c1-4-5-6-10-14(21)18(3)7-8-19(10)9-11-16-12(17-22-11)13(20)15-2/h10H,4-9H2,1-3H3,(H,15,20)/t10-/m0/s1. The van der Waals surface area contributed by atoms with Crippen molar-refractivity contribution in [2.75, 3.05) is 27.2 Å². The first-order valence-corrected chi connectivity index (χ1v) is 7.60. The van der Waals surface area contributed by atoms with Crippen molar-refractivity contribution in [2.24, 2.45) is 0 Å². The van der Waals surface area contributed by atoms with E-state index in [-0.39, 0.29) is 23.7 Å². The van der Waals surface area contributed by atoms with Crippen LogP contribution in [0.3, 0.4) is 0 Å². The van der Waals surface area contributed by atoms with Gasteiger partial charge in [-0.25, -0.2) is 0 Å². The summed E-state index contributed by atoms with van der Waals surface area (Å²) in [5.74, 6) is 0.123. The summed E-state index contributed by atoms with van der Waals surface area (Å²) in [7, 11) is 3.34. The molecule has 122 valence electrons. The Morgan fingerprint density at radius 3 is 2.91 bits per heavy atom. The smallest absolute Gasteiger partial charge is 0.292 e. The van der Waals surface area contributed by atoms with Crippen molar-refractivity contribution in [1.82, 2.24) is 25.3 Å². The molecule has 1 aromatic heterocycles. The number of piperazine rings is 1. The van der Waals surface area contributed by atoms with Gasteiger partial charge in [0.1, 0.15) is 0 Å². The second-order valence-corrected chi connectivity index (χ2v) is 5.48. The molecule has 1 saturated heterocycles. The Balaban J connectivity index is 2.06. The fourth-order valence-electron chi connectivity index (χ4n) is 2.54. The number of nitrogens with zero attached hydrogens (tertiary/aromatic N) is 4. The maximum atomic E-state index is 12.3. The first-order valence-electron chi connectivity index (χ1n) is 7.60. The van der Waals surface area contributed by atoms with Gasteiger partial charge in [0.2, 0.25) is 11.8 Å². The van der Waals surface area contributed by atoms with Gasteiger partial charge in [-0.3, -0.25) is 14.5 Å². The summed E-state index contributed by atoms with van der Waals surface area (Å²) in [5.41, 5.74) is 0. The fraction of sp³-hybridized carbons (Fsp3) is 0.714. The van der Waals surface area contributed by atoms with Gasteiger partial charge in [0, 0.05) is 27.2 Å². The van der Waals surface area contributed by atoms with Crippen LogP contribution in [0.5, 0.6) is 0 Å². The molecule has 2 rings (SSSR count). The second kappa shape index (κ2) is 7.35. The van der Waals surface area contributed by atoms with Crippen LogP contribution in [0.1, 0.15) is 42.7 Å². The van der Waals surface area contributed by atoms with E-state index >= 15 is 0 Å². The summed E-state index contributed by atoms with van der Waals surface area (Å²) in [6, 6.07) is -0.158. The van der Waals surface area contributed by atoms with Crippen LogP contribution in [-0.2, 0) is 11.3 Å². The highest BCUT2D eigenvalue weighted by molar-refractivity contribution is 5.89. The number of hydrogen-bond acceptors (Lipinski definition) is 6. The van der Waals surface area contributed by atoms with Crippen LogP contribution in [0.25, 0.3) is 0 Å². The molecule has 1 atom stereocenters. The minimum absolute atomic E-state index is 0.0167. The monoisotopic (exact) mass is 309 g/mol. The van der Waals surface area contributed by atoms with Crippen molar-refractivity contribution in [2.45, 2.75) is 38.8 Å². The fourth-order valence-corrected chi connectivity index (χ4v) is 2.54. The normalized spacial score (nSPS) is 19.5. The lowest BCUT2D eigenvalue weighted by atomic mass is 10.0. The highest BCUT2D eigenvalue weighted by atomic mass is 16.5. The maximum absolute atomic E-state index is 12.3. The van der Waals surface area contributed by atoms with E-state index < -0.39 is 0 Å². The number of rotatable bonds is 6. The molecule has 2 amide bonds. The number of carbonyl (C=O) groups excluding carboxylic acids is 2. The predicted molar refractivity (Wildman–Crippen MR) is 79.0 cm³/mol. The molecule has 0 aromatic carbocycles. The Morgan fingerprint density at radius 1 is 1.45 bits per heavy atom. The van der Waals surface area contributed by atoms with Gasteiger partial charge in [-0.05, 0) is 6.42 Å². The molecule has 2 heterocycles. The summed E-state index contributed by atoms with van der Waals surface area (Å²) in [4.78, 5) is 31.7. The Kier molecular flexibility index (Phi) is 5.48. The van der Waals surface area contributed by atoms with Crippen LogP contribution < -0.4 is 5.32 Å². The molecule has 8 heteroatoms. The first kappa shape index (κ1) is 16.4. The first-order chi connectivity index (χ1) is 10.6. The molecule has 0 spiro atoms. The van der Waals surface area contributed by atoms with Crippen molar-refractivity contribution in [1.29, 1.82) is 0 Å². The highest BCUT2D eigenvalue weighted by Gasteiger charge is 2.33. The van der Waals surface area contributed by atoms with Crippen molar-refractivity contribution in [3.05, 3.63) is 11.7 Å². The molecule has 1 fully saturated rings. The minimum Gasteiger partial charge on any atom is -0.352 e. The molecule has 0 bridgehead atoms. The summed E-state index contributed by atoms with van der Waals surface area (Å²) in [5, 5.41) is 6.10. The molecular weight excluding hydrogens is 286 g/mol. The third kappa shape index (κ3) is 3.62. The van der Waals surface area contributed by atoms with Crippen LogP contribution in [0.4, 0.5) is 0 Å². The highest BCUT2D eigenvalue weighted by Crippen LogP contribution is 2.18. The molecule has 22 heavy (non-hydrogen) atoms. The summed E-state index contributed by atoms with van der Waals surface area (Å²) in [6.45, 7) is 3.93. The number of hydrogen-bond donors (Lipinski definition) is 1. The van der Waals surface area contributed by atoms with Gasteiger partial charge in [0.05, 0.1) is 12.6 Å². The lowest BCUT2D eigenvalue weighted by Gasteiger charge is -2.38. The largest absolute Gasteiger partial charge is 0.352 e. The van der Waals surface area contributed by atoms with Crippen molar-refractivity contribution in [3.63, 3.8) is 0 Å². The average molecular weight is 309 g/mol. The number of amides is 2. The van der Waals surface area contributed by atoms with Crippen molar-refractivity contribution >= 4 is 11.8 Å². The molecule has 1 N–H and O–H groups in total. The summed E-state index contributed by atoms with van der Waals surface area (Å²) in [6.07, 6.45) is 2.85. The maximum Gasteiger partial charge on any atom is 0.292 e. The average Bonchev–Trinajstić information content (AvgIpc) is 2.98. The van der Waals surface area contributed by atoms with Crippen LogP contribution in [0.15, 0.2) is 4.52 Å². The third-order valence-electron chi connectivity index (χ3n) is 3.89. The van der Waals surface area contributed by atoms with Gasteiger partial charge in [-0.15, -0.1) is 0 Å². The van der Waals surface area contributed by atoms with Gasteiger partial charge in [0.25, 0.3) is 11.7 Å². The zero-order valence-corrected chi connectivity index (χ0v) is 13.3. The lowest BCUT2D eigenvalue weighted by Crippen LogP contribution is -2.55. The zero-order chi connectivity index (χ0) is 16.1. The van der Waals surface area contributed by atoms with E-state index in [0.717, 1.165) is 25.8 Å². The Hall–Kier alpha value is -1.96. The van der Waals surface area contributed by atoms with Gasteiger partial charge < -0.3 is 14.7 Å². The van der Waals surface area contributed by atoms with Gasteiger partial charge in [-0.2, -0.15) is 4.98 Å². The number of unbranched alkanes of at least 4 members (excludes halogenated alkanes) is 1. The molecule has 1 aromatic rings. The Labute approximate surface area is 129 Å². The van der Waals surface area contributed by atoms with Gasteiger partial charge >= 0.3 is 0 Å². The summed E-state index contributed by atoms with van der Waals surface area (Å²) >= 11 is 0. The van der Waals surface area contributed by atoms with Crippen molar-refractivity contribution in [3.8, 4) is 0 Å². The molecule has 0 radical (unpaired) electrons. The molecule has 0 unspecified atom stereocenters. The molecule has 8 nitrogen and oxygen atoms in total. The topological polar surface area (TPSA) is 91.6 Å². The number of likely N-dealkylation sites (N-methyl/N-ethyl adjacent to an activating group) is 1. The zero-order valence-electron chi connectivity index (χ0n) is 13.3. The van der Waals surface area contributed by atoms with E-state index in [0.29, 0.717) is 19.0 Å². The molecule has 0 saturated carbocycles. The molecular formula is C14H23N5O3. The Morgan fingerprint density at radius 2 is 2.23 bits per heavy atom. The Bertz CT molecular complexity index is 530. The summed E-state index contributed by atoms with van der Waals surface area (Å²) < 4.78 is 5.12. The van der Waals surface area contributed by atoms with Crippen molar-refractivity contribution < 1.29 is 14.1 Å². The van der Waals surface area contributed by atoms with E-state index in [9.17, 15) is 9.59 Å². The van der Waals surface area contributed by atoms with E-state index in [1.165, 1.54) is 7.05 Å². The number of carbonyl (C=O) groups is 2. The SMILES string of the molecule is CCCC[C@H]1C(=O)N(C)CCN1Cc1nc(C(=O)NC)no1. The quantitative estimate of drug-likeness (QED) is 0.810.